The van der Waals surface area contributed by atoms with Crippen LogP contribution in [-0.2, 0) is 10.0 Å². The summed E-state index contributed by atoms with van der Waals surface area (Å²) in [5.41, 5.74) is 0.906. The molecule has 1 aliphatic rings. The first-order valence-corrected chi connectivity index (χ1v) is 9.06. The Morgan fingerprint density at radius 2 is 1.90 bits per heavy atom. The van der Waals surface area contributed by atoms with Crippen LogP contribution in [0.4, 0.5) is 0 Å². The summed E-state index contributed by atoms with van der Waals surface area (Å²) >= 11 is 0. The average Bonchev–Trinajstić information content (AvgIpc) is 2.52. The number of nitrogens with zero attached hydrogens (tertiary/aromatic N) is 1. The summed E-state index contributed by atoms with van der Waals surface area (Å²) in [5, 5.41) is 4.66. The molecule has 0 bridgehead atoms. The van der Waals surface area contributed by atoms with E-state index in [4.69, 9.17) is 0 Å². The molecule has 1 aromatic rings. The molecule has 0 radical (unpaired) electrons. The summed E-state index contributed by atoms with van der Waals surface area (Å²) in [7, 11) is -3.29. The second-order valence-electron chi connectivity index (χ2n) is 5.41. The third kappa shape index (κ3) is 4.95. The fourth-order valence-corrected chi connectivity index (χ4v) is 3.75. The fraction of sp³-hybridized carbons (Fsp3) is 0.500. The summed E-state index contributed by atoms with van der Waals surface area (Å²) in [4.78, 5) is 0. The van der Waals surface area contributed by atoms with Crippen molar-refractivity contribution in [1.82, 2.24) is 9.62 Å². The van der Waals surface area contributed by atoms with Gasteiger partial charge in [0.2, 0.25) is 10.0 Å². The molecule has 1 N–H and O–H groups in total. The number of piperidine rings is 1. The highest BCUT2D eigenvalue weighted by atomic mass is 32.2. The highest BCUT2D eigenvalue weighted by Crippen LogP contribution is 2.20. The molecule has 1 aromatic carbocycles. The van der Waals surface area contributed by atoms with Crippen molar-refractivity contribution in [2.24, 2.45) is 5.92 Å². The number of rotatable bonds is 6. The Morgan fingerprint density at radius 1 is 1.24 bits per heavy atom. The molecular formula is C16H24N2O2S. The first-order valence-electron chi connectivity index (χ1n) is 7.56. The van der Waals surface area contributed by atoms with Crippen LogP contribution in [0.15, 0.2) is 35.7 Å². The van der Waals surface area contributed by atoms with E-state index in [0.717, 1.165) is 31.5 Å². The van der Waals surface area contributed by atoms with E-state index in [1.165, 1.54) is 5.41 Å². The maximum Gasteiger partial charge on any atom is 0.236 e. The lowest BCUT2D eigenvalue weighted by Crippen LogP contribution is -2.39. The minimum Gasteiger partial charge on any atom is -0.317 e. The predicted octanol–water partition coefficient (Wildman–Crippen LogP) is 2.31. The third-order valence-corrected chi connectivity index (χ3v) is 5.41. The van der Waals surface area contributed by atoms with Gasteiger partial charge in [-0.05, 0) is 43.5 Å². The van der Waals surface area contributed by atoms with Crippen molar-refractivity contribution in [3.8, 4) is 0 Å². The lowest BCUT2D eigenvalue weighted by molar-refractivity contribution is 0.270. The van der Waals surface area contributed by atoms with Crippen molar-refractivity contribution in [2.45, 2.75) is 19.8 Å². The van der Waals surface area contributed by atoms with Crippen LogP contribution < -0.4 is 5.32 Å². The lowest BCUT2D eigenvalue weighted by atomic mass is 9.98. The van der Waals surface area contributed by atoms with E-state index in [1.807, 2.05) is 30.3 Å². The average molecular weight is 308 g/mol. The largest absolute Gasteiger partial charge is 0.317 e. The van der Waals surface area contributed by atoms with Crippen LogP contribution in [0.5, 0.6) is 0 Å². The quantitative estimate of drug-likeness (QED) is 0.877. The number of benzene rings is 1. The van der Waals surface area contributed by atoms with E-state index >= 15 is 0 Å². The van der Waals surface area contributed by atoms with Crippen molar-refractivity contribution >= 4 is 16.1 Å². The fourth-order valence-electron chi connectivity index (χ4n) is 2.53. The van der Waals surface area contributed by atoms with Crippen molar-refractivity contribution in [3.05, 3.63) is 41.3 Å². The van der Waals surface area contributed by atoms with Crippen molar-refractivity contribution in [1.29, 1.82) is 0 Å². The topological polar surface area (TPSA) is 49.4 Å². The van der Waals surface area contributed by atoms with Gasteiger partial charge in [0, 0.05) is 18.5 Å². The Kier molecular flexibility index (Phi) is 5.96. The molecule has 21 heavy (non-hydrogen) atoms. The molecular weight excluding hydrogens is 284 g/mol. The Bertz CT molecular complexity index is 547. The molecule has 2 rings (SSSR count). The van der Waals surface area contributed by atoms with Gasteiger partial charge in [0.1, 0.15) is 0 Å². The molecule has 0 atom stereocenters. The van der Waals surface area contributed by atoms with E-state index in [0.29, 0.717) is 19.0 Å². The second-order valence-corrected chi connectivity index (χ2v) is 7.23. The normalized spacial score (nSPS) is 18.3. The Balaban J connectivity index is 1.91. The molecule has 116 valence electrons. The monoisotopic (exact) mass is 308 g/mol. The van der Waals surface area contributed by atoms with Crippen LogP contribution in [0.25, 0.3) is 6.08 Å². The van der Waals surface area contributed by atoms with E-state index in [1.54, 1.807) is 10.4 Å². The molecule has 1 aliphatic heterocycles. The number of hydrogen-bond acceptors (Lipinski definition) is 3. The Morgan fingerprint density at radius 3 is 2.52 bits per heavy atom. The summed E-state index contributed by atoms with van der Waals surface area (Å²) in [6, 6.07) is 9.52. The summed E-state index contributed by atoms with van der Waals surface area (Å²) in [5.74, 6) is 0.592. The molecule has 0 amide bonds. The van der Waals surface area contributed by atoms with E-state index in [9.17, 15) is 8.42 Å². The van der Waals surface area contributed by atoms with Gasteiger partial charge in [0.15, 0.2) is 0 Å². The molecule has 0 saturated carbocycles. The SMILES string of the molecule is CCNCC1CCN(S(=O)(=O)/C=C/c2ccccc2)CC1. The zero-order chi connectivity index (χ0) is 15.1. The van der Waals surface area contributed by atoms with Gasteiger partial charge in [0.05, 0.1) is 0 Å². The molecule has 0 unspecified atom stereocenters. The number of nitrogens with one attached hydrogen (secondary N) is 1. The van der Waals surface area contributed by atoms with Gasteiger partial charge in [-0.25, -0.2) is 8.42 Å². The van der Waals surface area contributed by atoms with Gasteiger partial charge in [-0.2, -0.15) is 4.31 Å². The number of sulfonamides is 1. The zero-order valence-corrected chi connectivity index (χ0v) is 13.3. The lowest BCUT2D eigenvalue weighted by Gasteiger charge is -2.30. The molecule has 0 aliphatic carbocycles. The maximum absolute atomic E-state index is 12.3. The molecule has 5 heteroatoms. The van der Waals surface area contributed by atoms with Crippen LogP contribution in [0.2, 0.25) is 0 Å². The first-order chi connectivity index (χ1) is 10.1. The first kappa shape index (κ1) is 16.2. The highest BCUT2D eigenvalue weighted by molar-refractivity contribution is 7.92. The second kappa shape index (κ2) is 7.73. The van der Waals surface area contributed by atoms with E-state index < -0.39 is 10.0 Å². The standard InChI is InChI=1S/C16H24N2O2S/c1-2-17-14-16-8-11-18(12-9-16)21(19,20)13-10-15-6-4-3-5-7-15/h3-7,10,13,16-17H,2,8-9,11-12,14H2,1H3/b13-10+. The molecule has 4 nitrogen and oxygen atoms in total. The summed E-state index contributed by atoms with van der Waals surface area (Å²) in [6.45, 7) is 5.30. The highest BCUT2D eigenvalue weighted by Gasteiger charge is 2.25. The van der Waals surface area contributed by atoms with Crippen LogP contribution in [0.3, 0.4) is 0 Å². The Hall–Kier alpha value is -1.17. The van der Waals surface area contributed by atoms with Crippen molar-refractivity contribution in [2.75, 3.05) is 26.2 Å². The number of hydrogen-bond donors (Lipinski definition) is 1. The van der Waals surface area contributed by atoms with Crippen LogP contribution in [0.1, 0.15) is 25.3 Å². The molecule has 0 spiro atoms. The summed E-state index contributed by atoms with van der Waals surface area (Å²) in [6.07, 6.45) is 3.54. The smallest absolute Gasteiger partial charge is 0.236 e. The molecule has 0 aromatic heterocycles. The minimum absolute atomic E-state index is 0.592. The van der Waals surface area contributed by atoms with Crippen LogP contribution in [-0.4, -0.2) is 38.9 Å². The molecule has 1 heterocycles. The van der Waals surface area contributed by atoms with Gasteiger partial charge < -0.3 is 5.32 Å². The van der Waals surface area contributed by atoms with Gasteiger partial charge in [-0.3, -0.25) is 0 Å². The minimum atomic E-state index is -3.29. The van der Waals surface area contributed by atoms with Gasteiger partial charge in [-0.15, -0.1) is 0 Å². The van der Waals surface area contributed by atoms with Crippen LogP contribution >= 0.6 is 0 Å². The zero-order valence-electron chi connectivity index (χ0n) is 12.5. The molecule has 1 fully saturated rings. The van der Waals surface area contributed by atoms with E-state index in [2.05, 4.69) is 12.2 Å². The summed E-state index contributed by atoms with van der Waals surface area (Å²) < 4.78 is 26.2. The Labute approximate surface area is 127 Å². The third-order valence-electron chi connectivity index (χ3n) is 3.85. The van der Waals surface area contributed by atoms with E-state index in [-0.39, 0.29) is 0 Å². The van der Waals surface area contributed by atoms with Crippen molar-refractivity contribution in [3.63, 3.8) is 0 Å². The molecule has 1 saturated heterocycles. The van der Waals surface area contributed by atoms with Gasteiger partial charge in [0.25, 0.3) is 0 Å². The van der Waals surface area contributed by atoms with Gasteiger partial charge in [-0.1, -0.05) is 37.3 Å². The van der Waals surface area contributed by atoms with Gasteiger partial charge >= 0.3 is 0 Å². The van der Waals surface area contributed by atoms with Crippen molar-refractivity contribution < 1.29 is 8.42 Å². The van der Waals surface area contributed by atoms with Crippen LogP contribution in [0, 0.1) is 5.92 Å². The predicted molar refractivity (Wildman–Crippen MR) is 87.2 cm³/mol. The maximum atomic E-state index is 12.3.